The van der Waals surface area contributed by atoms with Crippen molar-refractivity contribution in [2.75, 3.05) is 19.6 Å². The molecule has 90 valence electrons. The van der Waals surface area contributed by atoms with Crippen molar-refractivity contribution in [1.29, 1.82) is 0 Å². The second kappa shape index (κ2) is 5.75. The SMILES string of the molecule is CCN(Cc1csc(C)n1)C1CCCNC1. The zero-order valence-corrected chi connectivity index (χ0v) is 11.0. The van der Waals surface area contributed by atoms with Gasteiger partial charge in [0.25, 0.3) is 0 Å². The van der Waals surface area contributed by atoms with Crippen LogP contribution in [0, 0.1) is 6.92 Å². The van der Waals surface area contributed by atoms with Crippen molar-refractivity contribution in [3.63, 3.8) is 0 Å². The summed E-state index contributed by atoms with van der Waals surface area (Å²) in [5.41, 5.74) is 1.23. The highest BCUT2D eigenvalue weighted by atomic mass is 32.1. The maximum absolute atomic E-state index is 4.55. The van der Waals surface area contributed by atoms with Crippen LogP contribution in [-0.2, 0) is 6.54 Å². The summed E-state index contributed by atoms with van der Waals surface area (Å²) < 4.78 is 0. The average molecular weight is 239 g/mol. The summed E-state index contributed by atoms with van der Waals surface area (Å²) >= 11 is 1.75. The van der Waals surface area contributed by atoms with Crippen molar-refractivity contribution < 1.29 is 0 Å². The molecule has 0 aromatic carbocycles. The number of hydrogen-bond acceptors (Lipinski definition) is 4. The van der Waals surface area contributed by atoms with Gasteiger partial charge in [-0.25, -0.2) is 4.98 Å². The fraction of sp³-hybridized carbons (Fsp3) is 0.750. The normalized spacial score (nSPS) is 21.6. The van der Waals surface area contributed by atoms with Crippen LogP contribution in [0.15, 0.2) is 5.38 Å². The largest absolute Gasteiger partial charge is 0.315 e. The number of rotatable bonds is 4. The first-order valence-electron chi connectivity index (χ1n) is 6.15. The second-order valence-corrected chi connectivity index (χ2v) is 5.48. The Labute approximate surface area is 102 Å². The van der Waals surface area contributed by atoms with Gasteiger partial charge in [-0.05, 0) is 32.9 Å². The lowest BCUT2D eigenvalue weighted by Gasteiger charge is -2.33. The minimum absolute atomic E-state index is 0.695. The Hall–Kier alpha value is -0.450. The van der Waals surface area contributed by atoms with E-state index in [0.717, 1.165) is 19.6 Å². The van der Waals surface area contributed by atoms with Crippen molar-refractivity contribution in [1.82, 2.24) is 15.2 Å². The lowest BCUT2D eigenvalue weighted by atomic mass is 10.1. The van der Waals surface area contributed by atoms with Gasteiger partial charge in [-0.15, -0.1) is 11.3 Å². The maximum atomic E-state index is 4.55. The Kier molecular flexibility index (Phi) is 4.32. The summed E-state index contributed by atoms with van der Waals surface area (Å²) in [4.78, 5) is 7.09. The average Bonchev–Trinajstić information content (AvgIpc) is 2.73. The molecule has 1 aromatic rings. The van der Waals surface area contributed by atoms with Crippen LogP contribution in [0.2, 0.25) is 0 Å². The van der Waals surface area contributed by atoms with E-state index in [1.807, 2.05) is 0 Å². The van der Waals surface area contributed by atoms with E-state index in [0.29, 0.717) is 6.04 Å². The predicted octanol–water partition coefficient (Wildman–Crippen LogP) is 2.03. The Morgan fingerprint density at radius 1 is 1.62 bits per heavy atom. The monoisotopic (exact) mass is 239 g/mol. The summed E-state index contributed by atoms with van der Waals surface area (Å²) in [6.45, 7) is 8.76. The molecular weight excluding hydrogens is 218 g/mol. The van der Waals surface area contributed by atoms with Gasteiger partial charge in [0.2, 0.25) is 0 Å². The maximum Gasteiger partial charge on any atom is 0.0897 e. The molecule has 3 nitrogen and oxygen atoms in total. The molecule has 0 spiro atoms. The number of hydrogen-bond donors (Lipinski definition) is 1. The number of thiazole rings is 1. The molecule has 1 N–H and O–H groups in total. The zero-order valence-electron chi connectivity index (χ0n) is 10.2. The van der Waals surface area contributed by atoms with Crippen LogP contribution in [-0.4, -0.2) is 35.6 Å². The molecule has 0 radical (unpaired) electrons. The molecule has 1 unspecified atom stereocenters. The number of likely N-dealkylation sites (N-methyl/N-ethyl adjacent to an activating group) is 1. The summed E-state index contributed by atoms with van der Waals surface area (Å²) in [6.07, 6.45) is 2.63. The van der Waals surface area contributed by atoms with Gasteiger partial charge in [0, 0.05) is 24.5 Å². The summed E-state index contributed by atoms with van der Waals surface area (Å²) in [5, 5.41) is 6.84. The topological polar surface area (TPSA) is 28.2 Å². The number of nitrogens with zero attached hydrogens (tertiary/aromatic N) is 2. The third kappa shape index (κ3) is 3.03. The highest BCUT2D eigenvalue weighted by Gasteiger charge is 2.20. The van der Waals surface area contributed by atoms with E-state index in [-0.39, 0.29) is 0 Å². The van der Waals surface area contributed by atoms with E-state index < -0.39 is 0 Å². The first kappa shape index (κ1) is 12.0. The van der Waals surface area contributed by atoms with Gasteiger partial charge in [-0.2, -0.15) is 0 Å². The van der Waals surface area contributed by atoms with Crippen LogP contribution in [0.3, 0.4) is 0 Å². The lowest BCUT2D eigenvalue weighted by molar-refractivity contribution is 0.164. The molecule has 4 heteroatoms. The molecule has 0 bridgehead atoms. The van der Waals surface area contributed by atoms with Gasteiger partial charge in [-0.3, -0.25) is 4.90 Å². The summed E-state index contributed by atoms with van der Waals surface area (Å²) in [7, 11) is 0. The van der Waals surface area contributed by atoms with E-state index in [9.17, 15) is 0 Å². The highest BCUT2D eigenvalue weighted by Crippen LogP contribution is 2.15. The quantitative estimate of drug-likeness (QED) is 0.871. The molecule has 1 aliphatic heterocycles. The van der Waals surface area contributed by atoms with E-state index >= 15 is 0 Å². The van der Waals surface area contributed by atoms with E-state index in [1.54, 1.807) is 11.3 Å². The minimum atomic E-state index is 0.695. The van der Waals surface area contributed by atoms with Gasteiger partial charge < -0.3 is 5.32 Å². The molecule has 1 aromatic heterocycles. The first-order chi connectivity index (χ1) is 7.79. The predicted molar refractivity (Wildman–Crippen MR) is 68.8 cm³/mol. The molecular formula is C12H21N3S. The smallest absolute Gasteiger partial charge is 0.0897 e. The number of piperidine rings is 1. The highest BCUT2D eigenvalue weighted by molar-refractivity contribution is 7.09. The van der Waals surface area contributed by atoms with Crippen LogP contribution in [0.5, 0.6) is 0 Å². The first-order valence-corrected chi connectivity index (χ1v) is 7.03. The fourth-order valence-electron chi connectivity index (χ4n) is 2.33. The van der Waals surface area contributed by atoms with E-state index in [2.05, 4.69) is 34.4 Å². The summed E-state index contributed by atoms with van der Waals surface area (Å²) in [6, 6.07) is 0.695. The standard InChI is InChI=1S/C12H21N3S/c1-3-15(12-5-4-6-13-7-12)8-11-9-16-10(2)14-11/h9,12-13H,3-8H2,1-2H3. The minimum Gasteiger partial charge on any atom is -0.315 e. The van der Waals surface area contributed by atoms with E-state index in [4.69, 9.17) is 0 Å². The Bertz CT molecular complexity index is 318. The molecule has 2 rings (SSSR count). The van der Waals surface area contributed by atoms with Gasteiger partial charge in [0.1, 0.15) is 0 Å². The van der Waals surface area contributed by atoms with Gasteiger partial charge >= 0.3 is 0 Å². The van der Waals surface area contributed by atoms with Crippen molar-refractivity contribution in [3.8, 4) is 0 Å². The van der Waals surface area contributed by atoms with Crippen molar-refractivity contribution in [2.45, 2.75) is 39.3 Å². The number of nitrogens with one attached hydrogen (secondary N) is 1. The molecule has 0 amide bonds. The van der Waals surface area contributed by atoms with Crippen LogP contribution in [0.25, 0.3) is 0 Å². The molecule has 16 heavy (non-hydrogen) atoms. The molecule has 0 aliphatic carbocycles. The molecule has 1 atom stereocenters. The van der Waals surface area contributed by atoms with Gasteiger partial charge in [0.15, 0.2) is 0 Å². The fourth-order valence-corrected chi connectivity index (χ4v) is 2.94. The second-order valence-electron chi connectivity index (χ2n) is 4.42. The zero-order chi connectivity index (χ0) is 11.4. The number of aryl methyl sites for hydroxylation is 1. The lowest BCUT2D eigenvalue weighted by Crippen LogP contribution is -2.45. The molecule has 2 heterocycles. The van der Waals surface area contributed by atoms with Crippen molar-refractivity contribution in [3.05, 3.63) is 16.1 Å². The molecule has 1 aliphatic rings. The summed E-state index contributed by atoms with van der Waals surface area (Å²) in [5.74, 6) is 0. The molecule has 0 saturated carbocycles. The molecule has 1 saturated heterocycles. The van der Waals surface area contributed by atoms with E-state index in [1.165, 1.54) is 30.1 Å². The van der Waals surface area contributed by atoms with Crippen molar-refractivity contribution >= 4 is 11.3 Å². The molecule has 1 fully saturated rings. The Morgan fingerprint density at radius 2 is 2.50 bits per heavy atom. The third-order valence-corrected chi connectivity index (χ3v) is 4.05. The van der Waals surface area contributed by atoms with Crippen LogP contribution in [0.4, 0.5) is 0 Å². The van der Waals surface area contributed by atoms with Crippen LogP contribution >= 0.6 is 11.3 Å². The third-order valence-electron chi connectivity index (χ3n) is 3.23. The van der Waals surface area contributed by atoms with Gasteiger partial charge in [0.05, 0.1) is 10.7 Å². The van der Waals surface area contributed by atoms with Crippen LogP contribution < -0.4 is 5.32 Å². The Balaban J connectivity index is 1.94. The van der Waals surface area contributed by atoms with Gasteiger partial charge in [-0.1, -0.05) is 6.92 Å². The van der Waals surface area contributed by atoms with Crippen molar-refractivity contribution in [2.24, 2.45) is 0 Å². The number of aromatic nitrogens is 1. The Morgan fingerprint density at radius 3 is 3.06 bits per heavy atom. The van der Waals surface area contributed by atoms with Crippen LogP contribution in [0.1, 0.15) is 30.5 Å².